The lowest BCUT2D eigenvalue weighted by Gasteiger charge is -2.05. The van der Waals surface area contributed by atoms with Gasteiger partial charge in [-0.2, -0.15) is 0 Å². The molecule has 86 valence electrons. The number of hydrogen-bond acceptors (Lipinski definition) is 3. The average molecular weight is 229 g/mol. The summed E-state index contributed by atoms with van der Waals surface area (Å²) in [6.45, 7) is 1.80. The van der Waals surface area contributed by atoms with Crippen LogP contribution in [0.4, 0.5) is 0 Å². The van der Waals surface area contributed by atoms with Crippen molar-refractivity contribution >= 4 is 11.1 Å². The fraction of sp³-hybridized carbons (Fsp3) is 0.167. The SMILES string of the molecule is Cc1nc2cc(-n3c(=O)ccn3C)ccc2o1. The molecule has 1 aromatic carbocycles. The van der Waals surface area contributed by atoms with Gasteiger partial charge in [-0.25, -0.2) is 9.67 Å². The second-order valence-electron chi connectivity index (χ2n) is 3.92. The Balaban J connectivity index is 2.28. The summed E-state index contributed by atoms with van der Waals surface area (Å²) < 4.78 is 8.70. The van der Waals surface area contributed by atoms with E-state index in [1.165, 1.54) is 6.07 Å². The Kier molecular flexibility index (Phi) is 1.95. The lowest BCUT2D eigenvalue weighted by molar-refractivity contribution is 0.561. The molecule has 0 spiro atoms. The highest BCUT2D eigenvalue weighted by Crippen LogP contribution is 2.18. The van der Waals surface area contributed by atoms with E-state index in [-0.39, 0.29) is 5.56 Å². The van der Waals surface area contributed by atoms with E-state index in [4.69, 9.17) is 4.42 Å². The maximum atomic E-state index is 11.7. The predicted molar refractivity (Wildman–Crippen MR) is 63.3 cm³/mol. The number of benzene rings is 1. The van der Waals surface area contributed by atoms with Crippen molar-refractivity contribution in [3.63, 3.8) is 0 Å². The molecule has 0 radical (unpaired) electrons. The summed E-state index contributed by atoms with van der Waals surface area (Å²) in [6.07, 6.45) is 1.72. The number of aromatic nitrogens is 3. The largest absolute Gasteiger partial charge is 0.441 e. The van der Waals surface area contributed by atoms with Crippen molar-refractivity contribution in [2.24, 2.45) is 7.05 Å². The lowest BCUT2D eigenvalue weighted by Crippen LogP contribution is -2.18. The zero-order valence-corrected chi connectivity index (χ0v) is 9.54. The Morgan fingerprint density at radius 3 is 2.82 bits per heavy atom. The van der Waals surface area contributed by atoms with Crippen LogP contribution in [0.25, 0.3) is 16.8 Å². The molecule has 5 heteroatoms. The van der Waals surface area contributed by atoms with E-state index in [2.05, 4.69) is 4.98 Å². The first-order chi connectivity index (χ1) is 8.15. The first-order valence-electron chi connectivity index (χ1n) is 5.27. The van der Waals surface area contributed by atoms with Crippen LogP contribution in [0.15, 0.2) is 39.7 Å². The third kappa shape index (κ3) is 1.47. The van der Waals surface area contributed by atoms with Gasteiger partial charge in [0.2, 0.25) is 0 Å². The fourth-order valence-electron chi connectivity index (χ4n) is 1.94. The van der Waals surface area contributed by atoms with Crippen LogP contribution >= 0.6 is 0 Å². The molecule has 0 amide bonds. The van der Waals surface area contributed by atoms with E-state index in [1.807, 2.05) is 25.2 Å². The highest BCUT2D eigenvalue weighted by Gasteiger charge is 2.07. The van der Waals surface area contributed by atoms with E-state index < -0.39 is 0 Å². The molecule has 0 saturated carbocycles. The van der Waals surface area contributed by atoms with Crippen molar-refractivity contribution in [3.05, 3.63) is 46.7 Å². The second-order valence-corrected chi connectivity index (χ2v) is 3.92. The van der Waals surface area contributed by atoms with Crippen molar-refractivity contribution in [1.29, 1.82) is 0 Å². The Hall–Kier alpha value is -2.30. The number of nitrogens with zero attached hydrogens (tertiary/aromatic N) is 3. The average Bonchev–Trinajstić information content (AvgIpc) is 2.80. The van der Waals surface area contributed by atoms with Gasteiger partial charge in [0.1, 0.15) is 5.52 Å². The quantitative estimate of drug-likeness (QED) is 0.637. The van der Waals surface area contributed by atoms with Crippen LogP contribution in [0.3, 0.4) is 0 Å². The summed E-state index contributed by atoms with van der Waals surface area (Å²) in [7, 11) is 1.82. The molecule has 0 unspecified atom stereocenters. The number of aryl methyl sites for hydroxylation is 2. The van der Waals surface area contributed by atoms with E-state index >= 15 is 0 Å². The molecule has 3 aromatic rings. The van der Waals surface area contributed by atoms with E-state index in [1.54, 1.807) is 22.5 Å². The van der Waals surface area contributed by atoms with Gasteiger partial charge in [0.25, 0.3) is 5.56 Å². The van der Waals surface area contributed by atoms with Gasteiger partial charge in [-0.15, -0.1) is 0 Å². The fourth-order valence-corrected chi connectivity index (χ4v) is 1.94. The molecule has 0 bridgehead atoms. The van der Waals surface area contributed by atoms with Crippen molar-refractivity contribution in [3.8, 4) is 5.69 Å². The maximum absolute atomic E-state index is 11.7. The molecule has 0 saturated heterocycles. The van der Waals surface area contributed by atoms with E-state index in [0.717, 1.165) is 16.8 Å². The Bertz CT molecular complexity index is 749. The van der Waals surface area contributed by atoms with Gasteiger partial charge in [0.05, 0.1) is 5.69 Å². The molecule has 17 heavy (non-hydrogen) atoms. The van der Waals surface area contributed by atoms with Crippen molar-refractivity contribution < 1.29 is 4.42 Å². The minimum atomic E-state index is -0.0629. The molecule has 2 aromatic heterocycles. The van der Waals surface area contributed by atoms with Crippen LogP contribution in [-0.2, 0) is 7.05 Å². The lowest BCUT2D eigenvalue weighted by atomic mass is 10.3. The standard InChI is InChI=1S/C12H11N3O2/c1-8-13-10-7-9(3-4-11(10)17-8)15-12(16)5-6-14(15)2/h3-7H,1-2H3. The number of hydrogen-bond donors (Lipinski definition) is 0. The monoisotopic (exact) mass is 229 g/mol. The Morgan fingerprint density at radius 1 is 1.29 bits per heavy atom. The highest BCUT2D eigenvalue weighted by molar-refractivity contribution is 5.75. The van der Waals surface area contributed by atoms with Crippen molar-refractivity contribution in [1.82, 2.24) is 14.3 Å². The third-order valence-electron chi connectivity index (χ3n) is 2.68. The van der Waals surface area contributed by atoms with Crippen LogP contribution in [0, 0.1) is 6.92 Å². The zero-order chi connectivity index (χ0) is 12.0. The van der Waals surface area contributed by atoms with Crippen LogP contribution < -0.4 is 5.56 Å². The molecule has 0 aliphatic carbocycles. The zero-order valence-electron chi connectivity index (χ0n) is 9.54. The molecule has 5 nitrogen and oxygen atoms in total. The third-order valence-corrected chi connectivity index (χ3v) is 2.68. The van der Waals surface area contributed by atoms with E-state index in [0.29, 0.717) is 5.89 Å². The molecule has 0 fully saturated rings. The molecule has 0 atom stereocenters. The molecule has 0 aliphatic heterocycles. The van der Waals surface area contributed by atoms with Gasteiger partial charge < -0.3 is 4.42 Å². The molecule has 3 rings (SSSR count). The normalized spacial score (nSPS) is 11.2. The van der Waals surface area contributed by atoms with Crippen LogP contribution in [-0.4, -0.2) is 14.3 Å². The van der Waals surface area contributed by atoms with Crippen LogP contribution in [0.1, 0.15) is 5.89 Å². The molecule has 0 N–H and O–H groups in total. The summed E-state index contributed by atoms with van der Waals surface area (Å²) in [5, 5.41) is 0. The van der Waals surface area contributed by atoms with Crippen molar-refractivity contribution in [2.75, 3.05) is 0 Å². The molecule has 0 aliphatic rings. The highest BCUT2D eigenvalue weighted by atomic mass is 16.3. The summed E-state index contributed by atoms with van der Waals surface area (Å²) in [4.78, 5) is 15.9. The van der Waals surface area contributed by atoms with Gasteiger partial charge in [-0.3, -0.25) is 9.48 Å². The Labute approximate surface area is 96.9 Å². The number of oxazole rings is 1. The van der Waals surface area contributed by atoms with Gasteiger partial charge >= 0.3 is 0 Å². The summed E-state index contributed by atoms with van der Waals surface area (Å²) in [5.74, 6) is 0.622. The predicted octanol–water partition coefficient (Wildman–Crippen LogP) is 1.63. The van der Waals surface area contributed by atoms with Crippen molar-refractivity contribution in [2.45, 2.75) is 6.92 Å². The Morgan fingerprint density at radius 2 is 2.12 bits per heavy atom. The number of fused-ring (bicyclic) bond motifs is 1. The summed E-state index contributed by atoms with van der Waals surface area (Å²) >= 11 is 0. The van der Waals surface area contributed by atoms with Crippen LogP contribution in [0.2, 0.25) is 0 Å². The first kappa shape index (κ1) is 9.89. The van der Waals surface area contributed by atoms with Crippen LogP contribution in [0.5, 0.6) is 0 Å². The molecular formula is C12H11N3O2. The topological polar surface area (TPSA) is 53.0 Å². The summed E-state index contributed by atoms with van der Waals surface area (Å²) in [5.41, 5.74) is 2.21. The second kappa shape index (κ2) is 3.35. The maximum Gasteiger partial charge on any atom is 0.271 e. The smallest absolute Gasteiger partial charge is 0.271 e. The molecular weight excluding hydrogens is 218 g/mol. The van der Waals surface area contributed by atoms with Gasteiger partial charge in [-0.05, 0) is 18.2 Å². The van der Waals surface area contributed by atoms with Gasteiger partial charge in [0, 0.05) is 26.2 Å². The minimum absolute atomic E-state index is 0.0629. The van der Waals surface area contributed by atoms with Gasteiger partial charge in [0.15, 0.2) is 11.5 Å². The summed E-state index contributed by atoms with van der Waals surface area (Å²) in [6, 6.07) is 7.03. The first-order valence-corrected chi connectivity index (χ1v) is 5.27. The number of rotatable bonds is 1. The van der Waals surface area contributed by atoms with Gasteiger partial charge in [-0.1, -0.05) is 0 Å². The minimum Gasteiger partial charge on any atom is -0.441 e. The van der Waals surface area contributed by atoms with E-state index in [9.17, 15) is 4.79 Å². The molecule has 2 heterocycles.